The number of sulfonamides is 1. The second-order valence-electron chi connectivity index (χ2n) is 8.27. The summed E-state index contributed by atoms with van der Waals surface area (Å²) >= 11 is 0. The summed E-state index contributed by atoms with van der Waals surface area (Å²) in [6.07, 6.45) is 1.32. The van der Waals surface area contributed by atoms with Gasteiger partial charge in [0, 0.05) is 5.69 Å². The first-order valence-corrected chi connectivity index (χ1v) is 12.0. The summed E-state index contributed by atoms with van der Waals surface area (Å²) in [5.41, 5.74) is 7.31. The Labute approximate surface area is 190 Å². The van der Waals surface area contributed by atoms with Gasteiger partial charge in [-0.15, -0.1) is 0 Å². The summed E-state index contributed by atoms with van der Waals surface area (Å²) in [5, 5.41) is 9.16. The predicted octanol–water partition coefficient (Wildman–Crippen LogP) is 5.51. The van der Waals surface area contributed by atoms with Gasteiger partial charge in [-0.2, -0.15) is 0 Å². The van der Waals surface area contributed by atoms with Crippen LogP contribution in [-0.2, 0) is 22.9 Å². The van der Waals surface area contributed by atoms with E-state index in [1.54, 1.807) is 24.3 Å². The molecule has 5 nitrogen and oxygen atoms in total. The normalized spacial score (nSPS) is 11.4. The van der Waals surface area contributed by atoms with Crippen LogP contribution in [0, 0.1) is 34.6 Å². The van der Waals surface area contributed by atoms with Crippen LogP contribution in [0.25, 0.3) is 0 Å². The Morgan fingerprint density at radius 3 is 1.84 bits per heavy atom. The molecule has 0 aliphatic heterocycles. The molecule has 0 aliphatic rings. The van der Waals surface area contributed by atoms with E-state index in [0.717, 1.165) is 38.9 Å². The zero-order valence-electron chi connectivity index (χ0n) is 19.1. The molecule has 32 heavy (non-hydrogen) atoms. The Kier molecular flexibility index (Phi) is 6.74. The molecule has 3 rings (SSSR count). The number of aromatic carboxylic acids is 1. The molecule has 6 heteroatoms. The van der Waals surface area contributed by atoms with Gasteiger partial charge in [0.1, 0.15) is 0 Å². The van der Waals surface area contributed by atoms with E-state index in [9.17, 15) is 13.2 Å². The fourth-order valence-electron chi connectivity index (χ4n) is 4.01. The SMILES string of the molecule is Cc1c(C)c(C)c(S(=O)(=O)Nc2cccc(CCc3cccc(C(=O)O)c3)c2)c(C)c1C. The number of hydrogen-bond donors (Lipinski definition) is 2. The van der Waals surface area contributed by atoms with Gasteiger partial charge in [0.25, 0.3) is 10.0 Å². The largest absolute Gasteiger partial charge is 0.478 e. The van der Waals surface area contributed by atoms with Gasteiger partial charge in [-0.05, 0) is 111 Å². The quantitative estimate of drug-likeness (QED) is 0.496. The van der Waals surface area contributed by atoms with E-state index in [0.29, 0.717) is 23.4 Å². The molecule has 0 aliphatic carbocycles. The summed E-state index contributed by atoms with van der Waals surface area (Å²) < 4.78 is 29.3. The number of benzene rings is 3. The smallest absolute Gasteiger partial charge is 0.335 e. The third kappa shape index (κ3) is 4.86. The van der Waals surface area contributed by atoms with E-state index in [1.165, 1.54) is 0 Å². The third-order valence-corrected chi connectivity index (χ3v) is 7.91. The highest BCUT2D eigenvalue weighted by Crippen LogP contribution is 2.31. The summed E-state index contributed by atoms with van der Waals surface area (Å²) in [6.45, 7) is 9.63. The van der Waals surface area contributed by atoms with Crippen LogP contribution in [0.15, 0.2) is 53.4 Å². The lowest BCUT2D eigenvalue weighted by molar-refractivity contribution is 0.0696. The van der Waals surface area contributed by atoms with Gasteiger partial charge in [-0.1, -0.05) is 24.3 Å². The van der Waals surface area contributed by atoms with Crippen molar-refractivity contribution < 1.29 is 18.3 Å². The second kappa shape index (κ2) is 9.17. The maximum Gasteiger partial charge on any atom is 0.335 e. The van der Waals surface area contributed by atoms with Crippen molar-refractivity contribution in [1.29, 1.82) is 0 Å². The van der Waals surface area contributed by atoms with Crippen LogP contribution in [0.4, 0.5) is 5.69 Å². The molecule has 0 saturated carbocycles. The Morgan fingerprint density at radius 1 is 0.781 bits per heavy atom. The van der Waals surface area contributed by atoms with Gasteiger partial charge in [0.2, 0.25) is 0 Å². The molecule has 2 N–H and O–H groups in total. The molecule has 0 fully saturated rings. The number of rotatable bonds is 7. The van der Waals surface area contributed by atoms with Crippen LogP contribution in [0.2, 0.25) is 0 Å². The molecule has 0 saturated heterocycles. The molecule has 3 aromatic rings. The maximum absolute atomic E-state index is 13.3. The van der Waals surface area contributed by atoms with Gasteiger partial charge in [-0.3, -0.25) is 4.72 Å². The first kappa shape index (κ1) is 23.5. The predicted molar refractivity (Wildman–Crippen MR) is 128 cm³/mol. The standard InChI is InChI=1S/C26H29NO4S/c1-16-17(2)19(4)25(20(5)18(16)3)32(30,31)27-24-11-7-9-22(15-24)13-12-21-8-6-10-23(14-21)26(28)29/h6-11,14-15,27H,12-13H2,1-5H3,(H,28,29). The highest BCUT2D eigenvalue weighted by molar-refractivity contribution is 7.92. The number of carboxylic acid groups (broad SMARTS) is 1. The lowest BCUT2D eigenvalue weighted by Gasteiger charge is -2.19. The van der Waals surface area contributed by atoms with Crippen LogP contribution in [0.1, 0.15) is 49.3 Å². The highest BCUT2D eigenvalue weighted by Gasteiger charge is 2.23. The van der Waals surface area contributed by atoms with E-state index in [1.807, 2.05) is 58.9 Å². The number of carboxylic acids is 1. The van der Waals surface area contributed by atoms with Crippen molar-refractivity contribution in [1.82, 2.24) is 0 Å². The van der Waals surface area contributed by atoms with Gasteiger partial charge >= 0.3 is 5.97 Å². The van der Waals surface area contributed by atoms with Crippen molar-refractivity contribution >= 4 is 21.7 Å². The van der Waals surface area contributed by atoms with Gasteiger partial charge in [0.15, 0.2) is 0 Å². The van der Waals surface area contributed by atoms with Crippen molar-refractivity contribution in [2.75, 3.05) is 4.72 Å². The molecule has 0 heterocycles. The summed E-state index contributed by atoms with van der Waals surface area (Å²) in [7, 11) is -3.75. The van der Waals surface area contributed by atoms with E-state index in [2.05, 4.69) is 4.72 Å². The van der Waals surface area contributed by atoms with Gasteiger partial charge < -0.3 is 5.11 Å². The van der Waals surface area contributed by atoms with Crippen molar-refractivity contribution in [2.45, 2.75) is 52.4 Å². The number of hydrogen-bond acceptors (Lipinski definition) is 3. The Bertz CT molecular complexity index is 1260. The fraction of sp³-hybridized carbons (Fsp3) is 0.269. The molecule has 0 spiro atoms. The summed E-state index contributed by atoms with van der Waals surface area (Å²) in [6, 6.07) is 14.2. The highest BCUT2D eigenvalue weighted by atomic mass is 32.2. The molecule has 0 bridgehead atoms. The van der Waals surface area contributed by atoms with Gasteiger partial charge in [0.05, 0.1) is 10.5 Å². The summed E-state index contributed by atoms with van der Waals surface area (Å²) in [4.78, 5) is 11.5. The molecule has 0 unspecified atom stereocenters. The first-order chi connectivity index (χ1) is 15.0. The van der Waals surface area contributed by atoms with Crippen molar-refractivity contribution in [3.05, 3.63) is 93.0 Å². The Balaban J connectivity index is 1.83. The number of anilines is 1. The van der Waals surface area contributed by atoms with Crippen LogP contribution >= 0.6 is 0 Å². The minimum atomic E-state index is -3.75. The van der Waals surface area contributed by atoms with Crippen molar-refractivity contribution in [2.24, 2.45) is 0 Å². The van der Waals surface area contributed by atoms with Crippen LogP contribution in [-0.4, -0.2) is 19.5 Å². The molecular weight excluding hydrogens is 422 g/mol. The molecule has 0 amide bonds. The molecule has 3 aromatic carbocycles. The lowest BCUT2D eigenvalue weighted by atomic mass is 9.95. The minimum absolute atomic E-state index is 0.262. The maximum atomic E-state index is 13.3. The number of nitrogens with one attached hydrogen (secondary N) is 1. The van der Waals surface area contributed by atoms with Crippen LogP contribution < -0.4 is 4.72 Å². The average molecular weight is 452 g/mol. The molecular formula is C26H29NO4S. The topological polar surface area (TPSA) is 83.5 Å². The van der Waals surface area contributed by atoms with Crippen molar-refractivity contribution in [3.63, 3.8) is 0 Å². The van der Waals surface area contributed by atoms with Crippen LogP contribution in [0.3, 0.4) is 0 Å². The van der Waals surface area contributed by atoms with Crippen LogP contribution in [0.5, 0.6) is 0 Å². The van der Waals surface area contributed by atoms with E-state index < -0.39 is 16.0 Å². The minimum Gasteiger partial charge on any atom is -0.478 e. The molecule has 0 aromatic heterocycles. The third-order valence-electron chi connectivity index (χ3n) is 6.26. The zero-order valence-corrected chi connectivity index (χ0v) is 19.9. The molecule has 0 atom stereocenters. The van der Waals surface area contributed by atoms with E-state index in [-0.39, 0.29) is 5.56 Å². The lowest BCUT2D eigenvalue weighted by Crippen LogP contribution is -2.17. The Hall–Kier alpha value is -3.12. The Morgan fingerprint density at radius 2 is 1.28 bits per heavy atom. The fourth-order valence-corrected chi connectivity index (χ4v) is 5.67. The average Bonchev–Trinajstić information content (AvgIpc) is 2.75. The van der Waals surface area contributed by atoms with Gasteiger partial charge in [-0.25, -0.2) is 13.2 Å². The number of aryl methyl sites for hydroxylation is 2. The van der Waals surface area contributed by atoms with Crippen molar-refractivity contribution in [3.8, 4) is 0 Å². The first-order valence-electron chi connectivity index (χ1n) is 10.5. The summed E-state index contributed by atoms with van der Waals surface area (Å²) in [5.74, 6) is -0.949. The van der Waals surface area contributed by atoms with E-state index in [4.69, 9.17) is 5.11 Å². The molecule has 168 valence electrons. The molecule has 0 radical (unpaired) electrons. The van der Waals surface area contributed by atoms with E-state index >= 15 is 0 Å². The zero-order chi connectivity index (χ0) is 23.6. The number of carbonyl (C=O) groups is 1. The monoisotopic (exact) mass is 451 g/mol. The second-order valence-corrected chi connectivity index (χ2v) is 9.88.